The number of imide groups is 2. The van der Waals surface area contributed by atoms with Gasteiger partial charge in [0.2, 0.25) is 5.91 Å². The summed E-state index contributed by atoms with van der Waals surface area (Å²) in [5.74, 6) is -1.96. The third kappa shape index (κ3) is 1.21. The number of hydrogen-bond donors (Lipinski definition) is 1. The molecule has 12 heavy (non-hydrogen) atoms. The predicted molar refractivity (Wildman–Crippen MR) is 32.0 cm³/mol. The average Bonchev–Trinajstić information content (AvgIpc) is 1.82. The zero-order valence-electron chi connectivity index (χ0n) is 5.64. The van der Waals surface area contributed by atoms with E-state index in [0.717, 1.165) is 0 Å². The summed E-state index contributed by atoms with van der Waals surface area (Å²) in [6.07, 6.45) is -0.674. The van der Waals surface area contributed by atoms with Crippen molar-refractivity contribution in [2.24, 2.45) is 0 Å². The zero-order chi connectivity index (χ0) is 9.30. The number of rotatable bonds is 1. The number of nitrogens with one attached hydrogen (secondary N) is 1. The predicted octanol–water partition coefficient (Wildman–Crippen LogP) is -1.35. The first kappa shape index (κ1) is 8.11. The van der Waals surface area contributed by atoms with Gasteiger partial charge in [0, 0.05) is 5.01 Å². The van der Waals surface area contributed by atoms with Gasteiger partial charge in [-0.1, -0.05) is 0 Å². The molecule has 8 nitrogen and oxygen atoms in total. The Morgan fingerprint density at radius 1 is 1.42 bits per heavy atom. The summed E-state index contributed by atoms with van der Waals surface area (Å²) in [7, 11) is 0. The number of carbonyl (C=O) groups excluding carboxylic acids is 3. The van der Waals surface area contributed by atoms with Gasteiger partial charge >= 0.3 is 11.9 Å². The van der Waals surface area contributed by atoms with Crippen LogP contribution in [0.15, 0.2) is 0 Å². The van der Waals surface area contributed by atoms with Crippen molar-refractivity contribution in [1.29, 1.82) is 0 Å². The number of nitrogens with zero attached hydrogens (tertiary/aromatic N) is 2. The number of hydrogen-bond acceptors (Lipinski definition) is 5. The summed E-state index contributed by atoms with van der Waals surface area (Å²) in [6, 6.07) is -1.32. The molecule has 0 unspecified atom stereocenters. The minimum absolute atomic E-state index is 0.235. The molecule has 1 saturated heterocycles. The Morgan fingerprint density at radius 2 is 2.00 bits per heavy atom. The summed E-state index contributed by atoms with van der Waals surface area (Å²) >= 11 is 0. The Balaban J connectivity index is 2.88. The maximum Gasteiger partial charge on any atom is 0.391 e. The van der Waals surface area contributed by atoms with Crippen molar-refractivity contribution >= 4 is 17.8 Å². The van der Waals surface area contributed by atoms with Crippen LogP contribution in [0.2, 0.25) is 0 Å². The van der Waals surface area contributed by atoms with Gasteiger partial charge in [-0.05, 0) is 0 Å². The fourth-order valence-corrected chi connectivity index (χ4v) is 0.707. The summed E-state index contributed by atoms with van der Waals surface area (Å²) in [5, 5.41) is 10.2. The maximum absolute atomic E-state index is 10.7. The Morgan fingerprint density at radius 3 is 2.42 bits per heavy atom. The third-order valence-electron chi connectivity index (χ3n) is 1.15. The van der Waals surface area contributed by atoms with Crippen molar-refractivity contribution in [1.82, 2.24) is 10.3 Å². The first-order valence-corrected chi connectivity index (χ1v) is 2.83. The summed E-state index contributed by atoms with van der Waals surface area (Å²) in [5.41, 5.74) is 0. The van der Waals surface area contributed by atoms with Crippen LogP contribution in [0, 0.1) is 10.1 Å². The molecule has 64 valence electrons. The number of urea groups is 1. The Bertz CT molecular complexity index is 264. The van der Waals surface area contributed by atoms with Crippen LogP contribution in [0.25, 0.3) is 0 Å². The fourth-order valence-electron chi connectivity index (χ4n) is 0.707. The SMILES string of the molecule is O=C1CC(=O)N([N+](=O)[O-])C(=O)N1. The van der Waals surface area contributed by atoms with Crippen molar-refractivity contribution < 1.29 is 19.4 Å². The highest BCUT2D eigenvalue weighted by Crippen LogP contribution is 2.01. The molecule has 0 radical (unpaired) electrons. The van der Waals surface area contributed by atoms with Crippen LogP contribution in [0.3, 0.4) is 0 Å². The number of barbiturate groups is 1. The van der Waals surface area contributed by atoms with E-state index in [1.807, 2.05) is 0 Å². The van der Waals surface area contributed by atoms with E-state index in [2.05, 4.69) is 0 Å². The average molecular weight is 173 g/mol. The molecule has 0 aromatic carbocycles. The van der Waals surface area contributed by atoms with Crippen LogP contribution in [0.5, 0.6) is 0 Å². The lowest BCUT2D eigenvalue weighted by Crippen LogP contribution is -2.54. The van der Waals surface area contributed by atoms with E-state index in [1.165, 1.54) is 0 Å². The molecular formula is C4H3N3O5. The number of amides is 4. The minimum atomic E-state index is -1.32. The van der Waals surface area contributed by atoms with E-state index in [9.17, 15) is 24.5 Å². The van der Waals surface area contributed by atoms with E-state index in [1.54, 1.807) is 5.32 Å². The third-order valence-corrected chi connectivity index (χ3v) is 1.15. The summed E-state index contributed by atoms with van der Waals surface area (Å²) in [6.45, 7) is 0. The van der Waals surface area contributed by atoms with Crippen LogP contribution < -0.4 is 5.32 Å². The second kappa shape index (κ2) is 2.57. The van der Waals surface area contributed by atoms with Crippen molar-refractivity contribution in [2.45, 2.75) is 6.42 Å². The first-order chi connectivity index (χ1) is 5.52. The molecule has 0 aromatic heterocycles. The Kier molecular flexibility index (Phi) is 1.73. The highest BCUT2D eigenvalue weighted by atomic mass is 16.7. The highest BCUT2D eigenvalue weighted by molar-refractivity contribution is 6.13. The molecule has 0 aliphatic carbocycles. The van der Waals surface area contributed by atoms with Gasteiger partial charge in [0.1, 0.15) is 6.42 Å². The van der Waals surface area contributed by atoms with Gasteiger partial charge in [-0.2, -0.15) is 0 Å². The largest absolute Gasteiger partial charge is 0.391 e. The highest BCUT2D eigenvalue weighted by Gasteiger charge is 2.39. The standard InChI is InChI=1S/C4H3N3O5/c8-2-1-3(9)6(7(11)12)4(10)5-2/h1H2,(H,5,8,10). The molecule has 4 amide bonds. The molecule has 1 rings (SSSR count). The lowest BCUT2D eigenvalue weighted by Gasteiger charge is -2.14. The number of carbonyl (C=O) groups is 3. The van der Waals surface area contributed by atoms with Gasteiger partial charge in [-0.25, -0.2) is 14.9 Å². The van der Waals surface area contributed by atoms with Gasteiger partial charge in [-0.3, -0.25) is 14.9 Å². The smallest absolute Gasteiger partial charge is 0.274 e. The molecule has 1 N–H and O–H groups in total. The fraction of sp³-hybridized carbons (Fsp3) is 0.250. The normalized spacial score (nSPS) is 17.7. The molecule has 0 spiro atoms. The lowest BCUT2D eigenvalue weighted by atomic mass is 10.3. The van der Waals surface area contributed by atoms with E-state index in [-0.39, 0.29) is 5.01 Å². The summed E-state index contributed by atoms with van der Waals surface area (Å²) in [4.78, 5) is 41.7. The molecule has 1 heterocycles. The van der Waals surface area contributed by atoms with Crippen LogP contribution in [-0.2, 0) is 9.59 Å². The van der Waals surface area contributed by atoms with Crippen LogP contribution in [-0.4, -0.2) is 27.9 Å². The van der Waals surface area contributed by atoms with E-state index in [0.29, 0.717) is 0 Å². The molecule has 0 saturated carbocycles. The molecule has 1 aliphatic rings. The van der Waals surface area contributed by atoms with E-state index in [4.69, 9.17) is 0 Å². The van der Waals surface area contributed by atoms with Gasteiger partial charge in [0.25, 0.3) is 0 Å². The van der Waals surface area contributed by atoms with Crippen molar-refractivity contribution in [3.63, 3.8) is 0 Å². The Hall–Kier alpha value is -1.99. The number of nitro groups is 1. The van der Waals surface area contributed by atoms with Gasteiger partial charge in [0.05, 0.1) is 0 Å². The molecule has 1 aliphatic heterocycles. The van der Waals surface area contributed by atoms with E-state index >= 15 is 0 Å². The maximum atomic E-state index is 10.7. The quantitative estimate of drug-likeness (QED) is 0.299. The second-order valence-electron chi connectivity index (χ2n) is 1.97. The van der Waals surface area contributed by atoms with Gasteiger partial charge in [0.15, 0.2) is 5.03 Å². The minimum Gasteiger partial charge on any atom is -0.274 e. The van der Waals surface area contributed by atoms with Crippen molar-refractivity contribution in [2.75, 3.05) is 0 Å². The van der Waals surface area contributed by atoms with Crippen LogP contribution >= 0.6 is 0 Å². The van der Waals surface area contributed by atoms with E-state index < -0.39 is 29.3 Å². The van der Waals surface area contributed by atoms with Gasteiger partial charge in [-0.15, -0.1) is 0 Å². The Labute approximate surface area is 65.2 Å². The van der Waals surface area contributed by atoms with Crippen LogP contribution in [0.1, 0.15) is 6.42 Å². The summed E-state index contributed by atoms with van der Waals surface area (Å²) < 4.78 is 0. The molecule has 0 atom stereocenters. The second-order valence-corrected chi connectivity index (χ2v) is 1.97. The molecule has 1 fully saturated rings. The molecule has 0 bridgehead atoms. The number of hydrazine groups is 1. The molecule has 0 aromatic rings. The monoisotopic (exact) mass is 173 g/mol. The van der Waals surface area contributed by atoms with Gasteiger partial charge < -0.3 is 0 Å². The lowest BCUT2D eigenvalue weighted by molar-refractivity contribution is -0.613. The van der Waals surface area contributed by atoms with Crippen molar-refractivity contribution in [3.05, 3.63) is 10.1 Å². The van der Waals surface area contributed by atoms with Crippen LogP contribution in [0.4, 0.5) is 4.79 Å². The first-order valence-electron chi connectivity index (χ1n) is 2.83. The topological polar surface area (TPSA) is 110 Å². The van der Waals surface area contributed by atoms with Crippen molar-refractivity contribution in [3.8, 4) is 0 Å². The molecule has 8 heteroatoms. The molecular weight excluding hydrogens is 170 g/mol. The zero-order valence-corrected chi connectivity index (χ0v) is 5.64.